The van der Waals surface area contributed by atoms with Crippen molar-refractivity contribution in [1.29, 1.82) is 0 Å². The molecule has 2 nitrogen and oxygen atoms in total. The molecule has 1 N–H and O–H groups in total. The van der Waals surface area contributed by atoms with Gasteiger partial charge in [-0.1, -0.05) is 27.5 Å². The summed E-state index contributed by atoms with van der Waals surface area (Å²) in [4.78, 5) is 2.26. The van der Waals surface area contributed by atoms with Crippen LogP contribution in [0.5, 0.6) is 0 Å². The summed E-state index contributed by atoms with van der Waals surface area (Å²) >= 11 is 9.48. The molecule has 0 saturated carbocycles. The second kappa shape index (κ2) is 6.48. The van der Waals surface area contributed by atoms with Crippen LogP contribution in [0.4, 0.5) is 0 Å². The Bertz CT molecular complexity index is 317. The van der Waals surface area contributed by atoms with Gasteiger partial charge in [-0.15, -0.1) is 0 Å². The summed E-state index contributed by atoms with van der Waals surface area (Å²) in [5.74, 6) is 0. The molecule has 0 aromatic heterocycles. The Morgan fingerprint density at radius 1 is 1.47 bits per heavy atom. The van der Waals surface area contributed by atoms with Gasteiger partial charge < -0.3 is 10.2 Å². The maximum Gasteiger partial charge on any atom is 0.0410 e. The van der Waals surface area contributed by atoms with E-state index in [0.717, 1.165) is 29.1 Å². The smallest absolute Gasteiger partial charge is 0.0410 e. The standard InChI is InChI=1S/C11H16BrClN2/c1-14-5-6-15(2)8-9-7-10(13)3-4-11(9)12/h3-4,7,14H,5-6,8H2,1-2H3. The monoisotopic (exact) mass is 290 g/mol. The van der Waals surface area contributed by atoms with Crippen molar-refractivity contribution in [1.82, 2.24) is 10.2 Å². The van der Waals surface area contributed by atoms with Crippen molar-refractivity contribution in [3.63, 3.8) is 0 Å². The second-order valence-electron chi connectivity index (χ2n) is 3.58. The number of rotatable bonds is 5. The number of nitrogens with one attached hydrogen (secondary N) is 1. The summed E-state index contributed by atoms with van der Waals surface area (Å²) in [7, 11) is 4.06. The Kier molecular flexibility index (Phi) is 5.61. The highest BCUT2D eigenvalue weighted by molar-refractivity contribution is 9.10. The highest BCUT2D eigenvalue weighted by Crippen LogP contribution is 2.22. The molecule has 0 aliphatic heterocycles. The van der Waals surface area contributed by atoms with E-state index in [4.69, 9.17) is 11.6 Å². The first-order valence-electron chi connectivity index (χ1n) is 4.90. The van der Waals surface area contributed by atoms with Gasteiger partial charge in [-0.3, -0.25) is 0 Å². The predicted molar refractivity (Wildman–Crippen MR) is 69.4 cm³/mol. The Hall–Kier alpha value is -0.0900. The van der Waals surface area contributed by atoms with Crippen molar-refractivity contribution < 1.29 is 0 Å². The fourth-order valence-electron chi connectivity index (χ4n) is 1.34. The molecule has 0 aliphatic carbocycles. The molecule has 4 heteroatoms. The number of halogens is 2. The van der Waals surface area contributed by atoms with Crippen LogP contribution in [-0.2, 0) is 6.54 Å². The fraction of sp³-hybridized carbons (Fsp3) is 0.455. The van der Waals surface area contributed by atoms with Gasteiger partial charge in [-0.25, -0.2) is 0 Å². The second-order valence-corrected chi connectivity index (χ2v) is 4.87. The molecule has 15 heavy (non-hydrogen) atoms. The minimum atomic E-state index is 0.787. The Labute approximate surface area is 105 Å². The minimum absolute atomic E-state index is 0.787. The largest absolute Gasteiger partial charge is 0.318 e. The third kappa shape index (κ3) is 4.51. The summed E-state index contributed by atoms with van der Waals surface area (Å²) < 4.78 is 1.11. The van der Waals surface area contributed by atoms with E-state index in [1.807, 2.05) is 25.2 Å². The van der Waals surface area contributed by atoms with Crippen LogP contribution in [0.15, 0.2) is 22.7 Å². The van der Waals surface area contributed by atoms with E-state index in [0.29, 0.717) is 0 Å². The summed E-state index contributed by atoms with van der Waals surface area (Å²) in [6.45, 7) is 2.92. The maximum absolute atomic E-state index is 5.95. The lowest BCUT2D eigenvalue weighted by molar-refractivity contribution is 0.327. The topological polar surface area (TPSA) is 15.3 Å². The van der Waals surface area contributed by atoms with Crippen LogP contribution in [0.25, 0.3) is 0 Å². The third-order valence-corrected chi connectivity index (χ3v) is 3.20. The zero-order valence-corrected chi connectivity index (χ0v) is 11.4. The van der Waals surface area contributed by atoms with Crippen molar-refractivity contribution in [3.8, 4) is 0 Å². The average Bonchev–Trinajstić information content (AvgIpc) is 2.20. The van der Waals surface area contributed by atoms with Crippen molar-refractivity contribution >= 4 is 27.5 Å². The van der Waals surface area contributed by atoms with Gasteiger partial charge in [-0.05, 0) is 37.9 Å². The lowest BCUT2D eigenvalue weighted by atomic mass is 10.2. The van der Waals surface area contributed by atoms with Gasteiger partial charge in [0.15, 0.2) is 0 Å². The number of likely N-dealkylation sites (N-methyl/N-ethyl adjacent to an activating group) is 2. The Morgan fingerprint density at radius 3 is 2.87 bits per heavy atom. The van der Waals surface area contributed by atoms with E-state index in [1.165, 1.54) is 5.56 Å². The Morgan fingerprint density at radius 2 is 2.20 bits per heavy atom. The average molecular weight is 292 g/mol. The van der Waals surface area contributed by atoms with E-state index in [1.54, 1.807) is 0 Å². The quantitative estimate of drug-likeness (QED) is 0.897. The lowest BCUT2D eigenvalue weighted by Crippen LogP contribution is -2.27. The summed E-state index contributed by atoms with van der Waals surface area (Å²) in [5, 5.41) is 3.92. The zero-order chi connectivity index (χ0) is 11.3. The van der Waals surface area contributed by atoms with Gasteiger partial charge in [0.1, 0.15) is 0 Å². The molecule has 0 atom stereocenters. The van der Waals surface area contributed by atoms with Crippen LogP contribution in [0.3, 0.4) is 0 Å². The summed E-state index contributed by atoms with van der Waals surface area (Å²) in [6.07, 6.45) is 0. The normalized spacial score (nSPS) is 11.0. The van der Waals surface area contributed by atoms with E-state index in [9.17, 15) is 0 Å². The molecule has 0 amide bonds. The van der Waals surface area contributed by atoms with E-state index >= 15 is 0 Å². The van der Waals surface area contributed by atoms with Gasteiger partial charge in [0.2, 0.25) is 0 Å². The van der Waals surface area contributed by atoms with E-state index < -0.39 is 0 Å². The molecule has 0 fully saturated rings. The Balaban J connectivity index is 2.59. The molecular weight excluding hydrogens is 275 g/mol. The predicted octanol–water partition coefficient (Wildman–Crippen LogP) is 2.75. The summed E-state index contributed by atoms with van der Waals surface area (Å²) in [5.41, 5.74) is 1.22. The first kappa shape index (κ1) is 13.0. The molecule has 0 heterocycles. The van der Waals surface area contributed by atoms with Crippen LogP contribution < -0.4 is 5.32 Å². The number of hydrogen-bond acceptors (Lipinski definition) is 2. The molecule has 0 spiro atoms. The lowest BCUT2D eigenvalue weighted by Gasteiger charge is -2.17. The number of hydrogen-bond donors (Lipinski definition) is 1. The molecule has 1 aromatic rings. The van der Waals surface area contributed by atoms with Crippen molar-refractivity contribution in [2.75, 3.05) is 27.2 Å². The van der Waals surface area contributed by atoms with E-state index in [-0.39, 0.29) is 0 Å². The van der Waals surface area contributed by atoms with Gasteiger partial charge >= 0.3 is 0 Å². The molecule has 0 radical (unpaired) electrons. The fourth-order valence-corrected chi connectivity index (χ4v) is 1.90. The zero-order valence-electron chi connectivity index (χ0n) is 9.06. The van der Waals surface area contributed by atoms with E-state index in [2.05, 4.69) is 33.2 Å². The van der Waals surface area contributed by atoms with Gasteiger partial charge in [-0.2, -0.15) is 0 Å². The van der Waals surface area contributed by atoms with Gasteiger partial charge in [0.05, 0.1) is 0 Å². The van der Waals surface area contributed by atoms with Gasteiger partial charge in [0, 0.05) is 29.1 Å². The molecule has 0 unspecified atom stereocenters. The molecule has 0 aliphatic rings. The third-order valence-electron chi connectivity index (χ3n) is 2.19. The highest BCUT2D eigenvalue weighted by atomic mass is 79.9. The van der Waals surface area contributed by atoms with Crippen molar-refractivity contribution in [2.45, 2.75) is 6.54 Å². The molecule has 1 aromatic carbocycles. The van der Waals surface area contributed by atoms with Crippen LogP contribution in [0.1, 0.15) is 5.56 Å². The number of nitrogens with zero attached hydrogens (tertiary/aromatic N) is 1. The minimum Gasteiger partial charge on any atom is -0.318 e. The molecule has 0 saturated heterocycles. The molecule has 0 bridgehead atoms. The molecular formula is C11H16BrClN2. The number of benzene rings is 1. The first-order valence-corrected chi connectivity index (χ1v) is 6.07. The highest BCUT2D eigenvalue weighted by Gasteiger charge is 2.04. The molecule has 1 rings (SSSR count). The van der Waals surface area contributed by atoms with Crippen molar-refractivity contribution in [2.24, 2.45) is 0 Å². The SMILES string of the molecule is CNCCN(C)Cc1cc(Cl)ccc1Br. The maximum atomic E-state index is 5.95. The first-order chi connectivity index (χ1) is 7.13. The van der Waals surface area contributed by atoms with Crippen molar-refractivity contribution in [3.05, 3.63) is 33.3 Å². The van der Waals surface area contributed by atoms with Crippen LogP contribution in [0, 0.1) is 0 Å². The van der Waals surface area contributed by atoms with Crippen LogP contribution >= 0.6 is 27.5 Å². The summed E-state index contributed by atoms with van der Waals surface area (Å²) in [6, 6.07) is 5.88. The van der Waals surface area contributed by atoms with Crippen LogP contribution in [0.2, 0.25) is 5.02 Å². The van der Waals surface area contributed by atoms with Gasteiger partial charge in [0.25, 0.3) is 0 Å². The van der Waals surface area contributed by atoms with Crippen LogP contribution in [-0.4, -0.2) is 32.1 Å². The molecule has 84 valence electrons.